The van der Waals surface area contributed by atoms with Gasteiger partial charge in [-0.25, -0.2) is 0 Å². The molecule has 0 unspecified atom stereocenters. The molecule has 1 rings (SSSR count). The number of nitrogens with zero attached hydrogens (tertiary/aromatic N) is 2. The molecule has 0 saturated heterocycles. The predicted molar refractivity (Wildman–Crippen MR) is 62.3 cm³/mol. The standard InChI is InChI=1S/C9H13BrN4/c1-2-3-13-9(11)14-8-4-7(10)5-12-6-8/h4-6H,2-3H2,1H3,(H3,11,13,14). The van der Waals surface area contributed by atoms with Crippen LogP contribution in [-0.4, -0.2) is 17.5 Å². The molecule has 0 aliphatic rings. The Hall–Kier alpha value is -1.10. The van der Waals surface area contributed by atoms with E-state index in [9.17, 15) is 0 Å². The van der Waals surface area contributed by atoms with Gasteiger partial charge in [-0.05, 0) is 28.4 Å². The average Bonchev–Trinajstić information content (AvgIpc) is 2.15. The third-order valence-electron chi connectivity index (χ3n) is 1.48. The van der Waals surface area contributed by atoms with Gasteiger partial charge in [0.05, 0.1) is 11.9 Å². The van der Waals surface area contributed by atoms with E-state index >= 15 is 0 Å². The number of halogens is 1. The molecule has 0 bridgehead atoms. The summed E-state index contributed by atoms with van der Waals surface area (Å²) in [6.07, 6.45) is 4.39. The summed E-state index contributed by atoms with van der Waals surface area (Å²) in [5.74, 6) is 0.423. The van der Waals surface area contributed by atoms with Crippen LogP contribution in [0.3, 0.4) is 0 Å². The molecule has 3 N–H and O–H groups in total. The molecule has 0 spiro atoms. The molecule has 0 atom stereocenters. The van der Waals surface area contributed by atoms with Crippen LogP contribution in [-0.2, 0) is 0 Å². The highest BCUT2D eigenvalue weighted by Gasteiger charge is 1.95. The molecule has 0 radical (unpaired) electrons. The summed E-state index contributed by atoms with van der Waals surface area (Å²) in [5, 5.41) is 2.95. The van der Waals surface area contributed by atoms with E-state index in [0.717, 1.165) is 23.1 Å². The molecule has 14 heavy (non-hydrogen) atoms. The number of aliphatic imine (C=N–C) groups is 1. The number of rotatable bonds is 3. The molecule has 1 heterocycles. The van der Waals surface area contributed by atoms with Gasteiger partial charge in [0.1, 0.15) is 0 Å². The first-order valence-electron chi connectivity index (χ1n) is 4.40. The zero-order chi connectivity index (χ0) is 10.4. The van der Waals surface area contributed by atoms with Crippen LogP contribution in [0.4, 0.5) is 5.69 Å². The molecular weight excluding hydrogens is 244 g/mol. The van der Waals surface area contributed by atoms with Gasteiger partial charge in [-0.15, -0.1) is 0 Å². The number of aromatic nitrogens is 1. The molecule has 4 nitrogen and oxygen atoms in total. The van der Waals surface area contributed by atoms with E-state index in [1.165, 1.54) is 0 Å². The Morgan fingerprint density at radius 2 is 2.43 bits per heavy atom. The van der Waals surface area contributed by atoms with Crippen LogP contribution in [0, 0.1) is 0 Å². The Morgan fingerprint density at radius 3 is 3.07 bits per heavy atom. The van der Waals surface area contributed by atoms with Gasteiger partial charge >= 0.3 is 0 Å². The molecule has 0 saturated carbocycles. The largest absolute Gasteiger partial charge is 0.370 e. The van der Waals surface area contributed by atoms with Crippen molar-refractivity contribution in [1.29, 1.82) is 0 Å². The van der Waals surface area contributed by atoms with Gasteiger partial charge in [0.25, 0.3) is 0 Å². The second kappa shape index (κ2) is 5.59. The monoisotopic (exact) mass is 256 g/mol. The number of nitrogens with one attached hydrogen (secondary N) is 1. The maximum Gasteiger partial charge on any atom is 0.193 e. The number of nitrogens with two attached hydrogens (primary N) is 1. The molecular formula is C9H13BrN4. The number of anilines is 1. The van der Waals surface area contributed by atoms with Crippen LogP contribution in [0.1, 0.15) is 13.3 Å². The zero-order valence-corrected chi connectivity index (χ0v) is 9.58. The van der Waals surface area contributed by atoms with E-state index in [-0.39, 0.29) is 0 Å². The maximum absolute atomic E-state index is 5.64. The Kier molecular flexibility index (Phi) is 4.39. The van der Waals surface area contributed by atoms with Crippen LogP contribution >= 0.6 is 15.9 Å². The molecule has 1 aromatic heterocycles. The number of hydrogen-bond acceptors (Lipinski definition) is 2. The molecule has 0 aliphatic heterocycles. The van der Waals surface area contributed by atoms with Gasteiger partial charge in [-0.1, -0.05) is 6.92 Å². The van der Waals surface area contributed by atoms with Crippen molar-refractivity contribution in [3.63, 3.8) is 0 Å². The second-order valence-electron chi connectivity index (χ2n) is 2.78. The molecule has 76 valence electrons. The fourth-order valence-electron chi connectivity index (χ4n) is 0.900. The van der Waals surface area contributed by atoms with Gasteiger partial charge in [0.15, 0.2) is 5.96 Å². The first-order valence-corrected chi connectivity index (χ1v) is 5.19. The van der Waals surface area contributed by atoms with Gasteiger partial charge in [0.2, 0.25) is 0 Å². The van der Waals surface area contributed by atoms with Crippen molar-refractivity contribution in [2.75, 3.05) is 11.9 Å². The van der Waals surface area contributed by atoms with E-state index in [0.29, 0.717) is 5.96 Å². The zero-order valence-electron chi connectivity index (χ0n) is 8.00. The van der Waals surface area contributed by atoms with Crippen molar-refractivity contribution in [2.24, 2.45) is 10.7 Å². The smallest absolute Gasteiger partial charge is 0.193 e. The summed E-state index contributed by atoms with van der Waals surface area (Å²) in [5.41, 5.74) is 6.47. The Labute approximate surface area is 91.8 Å². The van der Waals surface area contributed by atoms with Crippen LogP contribution in [0.25, 0.3) is 0 Å². The lowest BCUT2D eigenvalue weighted by Gasteiger charge is -2.04. The lowest BCUT2D eigenvalue weighted by Crippen LogP contribution is -2.22. The third kappa shape index (κ3) is 3.74. The molecule has 5 heteroatoms. The fourth-order valence-corrected chi connectivity index (χ4v) is 1.26. The van der Waals surface area contributed by atoms with E-state index in [1.54, 1.807) is 12.4 Å². The normalized spacial score (nSPS) is 11.4. The topological polar surface area (TPSA) is 63.3 Å². The lowest BCUT2D eigenvalue weighted by atomic mass is 10.4. The van der Waals surface area contributed by atoms with Crippen LogP contribution in [0.2, 0.25) is 0 Å². The van der Waals surface area contributed by atoms with E-state index in [2.05, 4.69) is 38.1 Å². The summed E-state index contributed by atoms with van der Waals surface area (Å²) in [6.45, 7) is 2.79. The minimum absolute atomic E-state index is 0.423. The van der Waals surface area contributed by atoms with Crippen molar-refractivity contribution in [2.45, 2.75) is 13.3 Å². The highest BCUT2D eigenvalue weighted by atomic mass is 79.9. The third-order valence-corrected chi connectivity index (χ3v) is 1.92. The average molecular weight is 257 g/mol. The summed E-state index contributed by atoms with van der Waals surface area (Å²) in [7, 11) is 0. The van der Waals surface area contributed by atoms with E-state index < -0.39 is 0 Å². The van der Waals surface area contributed by atoms with Crippen LogP contribution in [0.5, 0.6) is 0 Å². The maximum atomic E-state index is 5.64. The molecule has 0 aromatic carbocycles. The van der Waals surface area contributed by atoms with Crippen molar-refractivity contribution in [3.8, 4) is 0 Å². The predicted octanol–water partition coefficient (Wildman–Crippen LogP) is 1.98. The first kappa shape index (κ1) is 11.0. The number of hydrogen-bond donors (Lipinski definition) is 2. The summed E-state index contributed by atoms with van der Waals surface area (Å²) >= 11 is 3.32. The minimum Gasteiger partial charge on any atom is -0.370 e. The Morgan fingerprint density at radius 1 is 1.64 bits per heavy atom. The van der Waals surface area contributed by atoms with Gasteiger partial charge in [-0.3, -0.25) is 9.98 Å². The first-order chi connectivity index (χ1) is 6.72. The second-order valence-corrected chi connectivity index (χ2v) is 3.70. The summed E-state index contributed by atoms with van der Waals surface area (Å²) < 4.78 is 0.908. The summed E-state index contributed by atoms with van der Waals surface area (Å²) in [4.78, 5) is 8.11. The molecule has 0 fully saturated rings. The lowest BCUT2D eigenvalue weighted by molar-refractivity contribution is 0.929. The van der Waals surface area contributed by atoms with Crippen molar-refractivity contribution in [3.05, 3.63) is 22.9 Å². The molecule has 0 amide bonds. The van der Waals surface area contributed by atoms with E-state index in [4.69, 9.17) is 5.73 Å². The molecule has 1 aromatic rings. The quantitative estimate of drug-likeness (QED) is 0.642. The van der Waals surface area contributed by atoms with Gasteiger partial charge in [-0.2, -0.15) is 0 Å². The summed E-state index contributed by atoms with van der Waals surface area (Å²) in [6, 6.07) is 1.89. The van der Waals surface area contributed by atoms with Crippen molar-refractivity contribution in [1.82, 2.24) is 4.98 Å². The SMILES string of the molecule is CCCN=C(N)Nc1cncc(Br)c1. The fraction of sp³-hybridized carbons (Fsp3) is 0.333. The minimum atomic E-state index is 0.423. The Bertz CT molecular complexity index is 324. The highest BCUT2D eigenvalue weighted by molar-refractivity contribution is 9.10. The number of guanidine groups is 1. The number of pyridine rings is 1. The van der Waals surface area contributed by atoms with Crippen LogP contribution < -0.4 is 11.1 Å². The van der Waals surface area contributed by atoms with Gasteiger partial charge < -0.3 is 11.1 Å². The molecule has 0 aliphatic carbocycles. The van der Waals surface area contributed by atoms with Crippen molar-refractivity contribution >= 4 is 27.6 Å². The van der Waals surface area contributed by atoms with Gasteiger partial charge in [0, 0.05) is 17.2 Å². The van der Waals surface area contributed by atoms with Crippen LogP contribution in [0.15, 0.2) is 27.9 Å². The Balaban J connectivity index is 2.60. The highest BCUT2D eigenvalue weighted by Crippen LogP contribution is 2.12. The van der Waals surface area contributed by atoms with Crippen molar-refractivity contribution < 1.29 is 0 Å². The van der Waals surface area contributed by atoms with E-state index in [1.807, 2.05) is 6.07 Å².